The first-order valence-corrected chi connectivity index (χ1v) is 8.43. The molecule has 3 aromatic rings. The van der Waals surface area contributed by atoms with Crippen LogP contribution in [0.4, 0.5) is 5.69 Å². The lowest BCUT2D eigenvalue weighted by atomic mass is 10.1. The van der Waals surface area contributed by atoms with Crippen molar-refractivity contribution in [2.24, 2.45) is 0 Å². The third-order valence-corrected chi connectivity index (χ3v) is 4.37. The maximum Gasteiger partial charge on any atom is 0.259 e. The Balaban J connectivity index is 1.55. The highest BCUT2D eigenvalue weighted by Crippen LogP contribution is 2.20. The molecule has 0 saturated carbocycles. The molecule has 0 atom stereocenters. The average molecular weight is 374 g/mol. The molecule has 0 aliphatic carbocycles. The first-order valence-electron chi connectivity index (χ1n) is 8.43. The zero-order valence-electron chi connectivity index (χ0n) is 14.7. The molecule has 0 spiro atoms. The molecule has 4 rings (SSSR count). The molecule has 0 saturated heterocycles. The number of anilines is 1. The summed E-state index contributed by atoms with van der Waals surface area (Å²) in [6, 6.07) is 9.72. The summed E-state index contributed by atoms with van der Waals surface area (Å²) >= 11 is 0. The van der Waals surface area contributed by atoms with Crippen molar-refractivity contribution in [1.82, 2.24) is 5.32 Å². The van der Waals surface area contributed by atoms with Crippen molar-refractivity contribution in [2.75, 3.05) is 5.32 Å². The molecule has 1 aliphatic rings. The van der Waals surface area contributed by atoms with Gasteiger partial charge in [-0.25, -0.2) is 0 Å². The maximum atomic E-state index is 12.5. The van der Waals surface area contributed by atoms with Crippen molar-refractivity contribution < 1.29 is 18.8 Å². The first kappa shape index (κ1) is 17.4. The highest BCUT2D eigenvalue weighted by atomic mass is 16.3. The summed E-state index contributed by atoms with van der Waals surface area (Å²) in [5.74, 6) is -1.46. The number of carbonyl (C=O) groups is 3. The van der Waals surface area contributed by atoms with Gasteiger partial charge in [-0.1, -0.05) is 11.6 Å². The molecule has 0 fully saturated rings. The molecule has 2 N–H and O–H groups in total. The van der Waals surface area contributed by atoms with Crippen LogP contribution in [0.15, 0.2) is 57.9 Å². The van der Waals surface area contributed by atoms with Crippen LogP contribution in [-0.2, 0) is 4.79 Å². The molecule has 138 valence electrons. The lowest BCUT2D eigenvalue weighted by molar-refractivity contribution is -0.111. The topological polar surface area (TPSA) is 105 Å². The van der Waals surface area contributed by atoms with Crippen molar-refractivity contribution in [2.45, 2.75) is 6.92 Å². The van der Waals surface area contributed by atoms with Crippen LogP contribution < -0.4 is 16.1 Å². The fraction of sp³-hybridized carbons (Fsp3) is 0.0476. The highest BCUT2D eigenvalue weighted by Gasteiger charge is 2.26. The summed E-state index contributed by atoms with van der Waals surface area (Å²) in [5, 5.41) is 5.22. The van der Waals surface area contributed by atoms with Gasteiger partial charge in [0.2, 0.25) is 5.91 Å². The Bertz CT molecular complexity index is 1250. The second-order valence-electron chi connectivity index (χ2n) is 6.39. The van der Waals surface area contributed by atoms with Crippen LogP contribution in [0.25, 0.3) is 17.0 Å². The number of rotatable bonds is 3. The van der Waals surface area contributed by atoms with E-state index >= 15 is 0 Å². The molecular formula is C21H14N2O5. The fourth-order valence-electron chi connectivity index (χ4n) is 2.97. The van der Waals surface area contributed by atoms with Crippen LogP contribution in [-0.4, -0.2) is 17.7 Å². The zero-order valence-corrected chi connectivity index (χ0v) is 14.7. The van der Waals surface area contributed by atoms with Gasteiger partial charge in [-0.3, -0.25) is 24.5 Å². The molecule has 1 aromatic heterocycles. The molecule has 0 bridgehead atoms. The normalized spacial score (nSPS) is 13.0. The SMILES string of the molecule is Cc1ccc2occ(/C=C/C(=O)Nc3ccc4c(c3)C(=O)NC4=O)c(=O)c2c1. The fourth-order valence-corrected chi connectivity index (χ4v) is 2.97. The molecular weight excluding hydrogens is 360 g/mol. The first-order chi connectivity index (χ1) is 13.4. The molecule has 2 heterocycles. The van der Waals surface area contributed by atoms with Crippen LogP contribution in [0.3, 0.4) is 0 Å². The van der Waals surface area contributed by atoms with Crippen LogP contribution in [0.5, 0.6) is 0 Å². The van der Waals surface area contributed by atoms with Crippen LogP contribution in [0, 0.1) is 6.92 Å². The second-order valence-corrected chi connectivity index (χ2v) is 6.39. The Hall–Kier alpha value is -4.00. The number of benzene rings is 2. The second kappa shape index (κ2) is 6.62. The van der Waals surface area contributed by atoms with E-state index < -0.39 is 17.7 Å². The van der Waals surface area contributed by atoms with Gasteiger partial charge in [0.25, 0.3) is 11.8 Å². The van der Waals surface area contributed by atoms with E-state index in [9.17, 15) is 19.2 Å². The van der Waals surface area contributed by atoms with E-state index in [1.54, 1.807) is 12.1 Å². The third-order valence-electron chi connectivity index (χ3n) is 4.37. The minimum Gasteiger partial charge on any atom is -0.463 e. The van der Waals surface area contributed by atoms with Crippen molar-refractivity contribution in [3.05, 3.63) is 81.2 Å². The van der Waals surface area contributed by atoms with E-state index in [0.717, 1.165) is 5.56 Å². The third kappa shape index (κ3) is 3.09. The number of carbonyl (C=O) groups excluding carboxylic acids is 3. The quantitative estimate of drug-likeness (QED) is 0.542. The van der Waals surface area contributed by atoms with E-state index in [1.165, 1.54) is 36.6 Å². The van der Waals surface area contributed by atoms with Gasteiger partial charge in [0.05, 0.1) is 22.1 Å². The van der Waals surface area contributed by atoms with Crippen LogP contribution >= 0.6 is 0 Å². The lowest BCUT2D eigenvalue weighted by Gasteiger charge is -2.03. The number of aryl methyl sites for hydroxylation is 1. The zero-order chi connectivity index (χ0) is 19.8. The smallest absolute Gasteiger partial charge is 0.259 e. The predicted molar refractivity (Wildman–Crippen MR) is 103 cm³/mol. The number of hydrogen-bond donors (Lipinski definition) is 2. The molecule has 2 aromatic carbocycles. The van der Waals surface area contributed by atoms with Crippen molar-refractivity contribution in [3.8, 4) is 0 Å². The summed E-state index contributed by atoms with van der Waals surface area (Å²) in [7, 11) is 0. The van der Waals surface area contributed by atoms with E-state index in [2.05, 4.69) is 10.6 Å². The van der Waals surface area contributed by atoms with Gasteiger partial charge in [0.15, 0.2) is 5.43 Å². The molecule has 1 aliphatic heterocycles. The number of hydrogen-bond acceptors (Lipinski definition) is 5. The van der Waals surface area contributed by atoms with E-state index in [1.807, 2.05) is 13.0 Å². The summed E-state index contributed by atoms with van der Waals surface area (Å²) in [6.45, 7) is 1.87. The van der Waals surface area contributed by atoms with Gasteiger partial charge >= 0.3 is 0 Å². The average Bonchev–Trinajstić information content (AvgIpc) is 2.95. The number of imide groups is 1. The molecule has 3 amide bonds. The van der Waals surface area contributed by atoms with Gasteiger partial charge in [-0.15, -0.1) is 0 Å². The lowest BCUT2D eigenvalue weighted by Crippen LogP contribution is -2.19. The van der Waals surface area contributed by atoms with Gasteiger partial charge < -0.3 is 9.73 Å². The van der Waals surface area contributed by atoms with Gasteiger partial charge in [0, 0.05) is 11.8 Å². The largest absolute Gasteiger partial charge is 0.463 e. The molecule has 0 radical (unpaired) electrons. The summed E-state index contributed by atoms with van der Waals surface area (Å²) < 4.78 is 5.44. The molecule has 7 heteroatoms. The Labute approximate surface area is 158 Å². The maximum absolute atomic E-state index is 12.5. The Kier molecular flexibility index (Phi) is 4.12. The molecule has 0 unspecified atom stereocenters. The Morgan fingerprint density at radius 1 is 1.04 bits per heavy atom. The van der Waals surface area contributed by atoms with Crippen molar-refractivity contribution in [1.29, 1.82) is 0 Å². The Morgan fingerprint density at radius 3 is 2.64 bits per heavy atom. The van der Waals surface area contributed by atoms with Gasteiger partial charge in [0.1, 0.15) is 11.8 Å². The van der Waals surface area contributed by atoms with Crippen LogP contribution in [0.1, 0.15) is 31.8 Å². The number of fused-ring (bicyclic) bond motifs is 2. The standard InChI is InChI=1S/C21H14N2O5/c1-11-2-6-17-16(8-11)19(25)12(10-28-17)3-7-18(24)22-13-4-5-14-15(9-13)21(27)23-20(14)26/h2-10H,1H3,(H,22,24)(H,23,26,27)/b7-3+. The minimum absolute atomic E-state index is 0.206. The number of amides is 3. The highest BCUT2D eigenvalue weighted by molar-refractivity contribution is 6.22. The Morgan fingerprint density at radius 2 is 1.82 bits per heavy atom. The van der Waals surface area contributed by atoms with E-state index in [0.29, 0.717) is 16.7 Å². The monoisotopic (exact) mass is 374 g/mol. The van der Waals surface area contributed by atoms with Gasteiger partial charge in [-0.05, 0) is 43.3 Å². The van der Waals surface area contributed by atoms with E-state index in [4.69, 9.17) is 4.42 Å². The van der Waals surface area contributed by atoms with Crippen LogP contribution in [0.2, 0.25) is 0 Å². The van der Waals surface area contributed by atoms with Gasteiger partial charge in [-0.2, -0.15) is 0 Å². The predicted octanol–water partition coefficient (Wildman–Crippen LogP) is 2.64. The summed E-state index contributed by atoms with van der Waals surface area (Å²) in [5.41, 5.74) is 2.24. The molecule has 7 nitrogen and oxygen atoms in total. The summed E-state index contributed by atoms with van der Waals surface area (Å²) in [6.07, 6.45) is 3.87. The summed E-state index contributed by atoms with van der Waals surface area (Å²) in [4.78, 5) is 47.9. The van der Waals surface area contributed by atoms with Crippen molar-refractivity contribution in [3.63, 3.8) is 0 Å². The number of nitrogens with one attached hydrogen (secondary N) is 2. The van der Waals surface area contributed by atoms with Crippen molar-refractivity contribution >= 4 is 40.5 Å². The minimum atomic E-state index is -0.504. The van der Waals surface area contributed by atoms with E-state index in [-0.39, 0.29) is 22.1 Å². The molecule has 28 heavy (non-hydrogen) atoms.